The molecule has 0 aromatic heterocycles. The molecule has 5 N–H and O–H groups in total. The number of aliphatic hydroxyl groups is 5. The molecule has 1 aliphatic heterocycles. The molecule has 17 atom stereocenters. The molecule has 11 nitrogen and oxygen atoms in total. The van der Waals surface area contributed by atoms with Crippen molar-refractivity contribution in [2.45, 2.75) is 181 Å². The van der Waals surface area contributed by atoms with E-state index in [1.54, 1.807) is 0 Å². The fraction of sp³-hybridized carbons (Fsp3) is 0.950. The second-order valence-corrected chi connectivity index (χ2v) is 19.4. The van der Waals surface area contributed by atoms with Crippen molar-refractivity contribution in [3.05, 3.63) is 0 Å². The van der Waals surface area contributed by atoms with Gasteiger partial charge in [-0.1, -0.05) is 34.6 Å². The van der Waals surface area contributed by atoms with Crippen molar-refractivity contribution in [3.8, 4) is 0 Å². The summed E-state index contributed by atoms with van der Waals surface area (Å²) in [5.74, 6) is -0.280. The van der Waals surface area contributed by atoms with Gasteiger partial charge in [0, 0.05) is 24.7 Å². The van der Waals surface area contributed by atoms with Crippen LogP contribution in [0.2, 0.25) is 0 Å². The van der Waals surface area contributed by atoms with Crippen LogP contribution in [0.1, 0.15) is 120 Å². The van der Waals surface area contributed by atoms with E-state index in [1.165, 1.54) is 27.7 Å². The quantitative estimate of drug-likeness (QED) is 0.161. The normalized spacial score (nSPS) is 48.2. The van der Waals surface area contributed by atoms with Crippen LogP contribution in [0.15, 0.2) is 0 Å². The Balaban J connectivity index is 1.36. The molecule has 0 aromatic rings. The van der Waals surface area contributed by atoms with Crippen molar-refractivity contribution >= 4 is 11.9 Å². The maximum atomic E-state index is 14.6. The van der Waals surface area contributed by atoms with Gasteiger partial charge in [-0.25, -0.2) is 4.39 Å². The van der Waals surface area contributed by atoms with Crippen molar-refractivity contribution < 1.29 is 58.5 Å². The molecule has 0 bridgehead atoms. The molecule has 0 radical (unpaired) electrons. The molecular weight excluding hydrogens is 675 g/mol. The monoisotopic (exact) mass is 740 g/mol. The number of fused-ring (bicyclic) bond motifs is 3. The van der Waals surface area contributed by atoms with Gasteiger partial charge in [-0.15, -0.1) is 0 Å². The molecule has 0 spiro atoms. The summed E-state index contributed by atoms with van der Waals surface area (Å²) in [6, 6.07) is 0. The predicted octanol–water partition coefficient (Wildman–Crippen LogP) is 4.22. The molecule has 6 rings (SSSR count). The van der Waals surface area contributed by atoms with Crippen LogP contribution in [-0.4, -0.2) is 105 Å². The van der Waals surface area contributed by atoms with Crippen LogP contribution in [0.25, 0.3) is 0 Å². The fourth-order valence-electron chi connectivity index (χ4n) is 13.7. The smallest absolute Gasteiger partial charge is 0.302 e. The maximum Gasteiger partial charge on any atom is 0.302 e. The molecule has 12 heteroatoms. The molecule has 5 aliphatic carbocycles. The molecule has 0 aromatic carbocycles. The lowest BCUT2D eigenvalue weighted by molar-refractivity contribution is -0.344. The second kappa shape index (κ2) is 13.4. The van der Waals surface area contributed by atoms with E-state index >= 15 is 0 Å². The SMILES string of the molecule is CC(=O)OCC1OC(O[C@@H]2C[C@H]3C(C)(C)[C@@H](OC(C)=O)CC[C@]3(C)[C@H]3CC[C@]45C[C@]4(CC[C@H]5[C@@H](C)C[C@@H](O)[C@H](O)C(C)(C)F)[C@@]32C)C(O)C(O)C1O. The van der Waals surface area contributed by atoms with Gasteiger partial charge in [0.25, 0.3) is 0 Å². The summed E-state index contributed by atoms with van der Waals surface area (Å²) in [6.07, 6.45) is -3.06. The molecule has 5 saturated carbocycles. The lowest BCUT2D eigenvalue weighted by Gasteiger charge is -2.69. The highest BCUT2D eigenvalue weighted by Crippen LogP contribution is 2.91. The van der Waals surface area contributed by atoms with E-state index in [0.717, 1.165) is 44.9 Å². The summed E-state index contributed by atoms with van der Waals surface area (Å²) in [6.45, 7) is 16.2. The predicted molar refractivity (Wildman–Crippen MR) is 187 cm³/mol. The van der Waals surface area contributed by atoms with Crippen LogP contribution in [0.4, 0.5) is 4.39 Å². The first kappa shape index (κ1) is 40.3. The summed E-state index contributed by atoms with van der Waals surface area (Å²) >= 11 is 0. The number of alkyl halides is 1. The summed E-state index contributed by atoms with van der Waals surface area (Å²) in [5.41, 5.74) is -2.98. The number of rotatable bonds is 10. The third kappa shape index (κ3) is 5.99. The van der Waals surface area contributed by atoms with Crippen LogP contribution in [0.3, 0.4) is 0 Å². The molecule has 6 aliphatic rings. The van der Waals surface area contributed by atoms with Crippen molar-refractivity contribution in [2.24, 2.45) is 50.7 Å². The Morgan fingerprint density at radius 1 is 0.904 bits per heavy atom. The lowest BCUT2D eigenvalue weighted by atomic mass is 9.37. The van der Waals surface area contributed by atoms with Crippen LogP contribution in [-0.2, 0) is 28.5 Å². The fourth-order valence-corrected chi connectivity index (χ4v) is 13.7. The number of aliphatic hydroxyl groups excluding tert-OH is 5. The van der Waals surface area contributed by atoms with E-state index in [4.69, 9.17) is 18.9 Å². The molecule has 5 unspecified atom stereocenters. The van der Waals surface area contributed by atoms with E-state index in [2.05, 4.69) is 34.6 Å². The van der Waals surface area contributed by atoms with Crippen LogP contribution >= 0.6 is 0 Å². The van der Waals surface area contributed by atoms with Crippen molar-refractivity contribution in [3.63, 3.8) is 0 Å². The van der Waals surface area contributed by atoms with Gasteiger partial charge in [0.2, 0.25) is 0 Å². The van der Waals surface area contributed by atoms with E-state index in [-0.39, 0.29) is 58.6 Å². The summed E-state index contributed by atoms with van der Waals surface area (Å²) < 4.78 is 38.9. The zero-order chi connectivity index (χ0) is 38.6. The number of carbonyl (C=O) groups excluding carboxylic acids is 2. The Labute approximate surface area is 308 Å². The van der Waals surface area contributed by atoms with Crippen LogP contribution < -0.4 is 0 Å². The van der Waals surface area contributed by atoms with Gasteiger partial charge in [-0.2, -0.15) is 0 Å². The summed E-state index contributed by atoms with van der Waals surface area (Å²) in [7, 11) is 0. The zero-order valence-electron chi connectivity index (χ0n) is 32.6. The van der Waals surface area contributed by atoms with Gasteiger partial charge in [0.1, 0.15) is 48.9 Å². The topological polar surface area (TPSA) is 172 Å². The number of halogens is 1. The van der Waals surface area contributed by atoms with Gasteiger partial charge in [-0.05, 0) is 112 Å². The number of hydrogen-bond donors (Lipinski definition) is 5. The van der Waals surface area contributed by atoms with Gasteiger partial charge < -0.3 is 44.5 Å². The second-order valence-electron chi connectivity index (χ2n) is 19.4. The van der Waals surface area contributed by atoms with Gasteiger partial charge in [0.05, 0.1) is 12.2 Å². The van der Waals surface area contributed by atoms with E-state index in [0.29, 0.717) is 12.8 Å². The van der Waals surface area contributed by atoms with E-state index in [9.17, 15) is 39.5 Å². The Morgan fingerprint density at radius 3 is 2.19 bits per heavy atom. The third-order valence-corrected chi connectivity index (χ3v) is 16.1. The average molecular weight is 741 g/mol. The van der Waals surface area contributed by atoms with Crippen LogP contribution in [0.5, 0.6) is 0 Å². The van der Waals surface area contributed by atoms with Gasteiger partial charge in [-0.3, -0.25) is 9.59 Å². The average Bonchev–Trinajstić information content (AvgIpc) is 3.61. The molecule has 1 heterocycles. The first-order valence-corrected chi connectivity index (χ1v) is 19.7. The molecule has 1 saturated heterocycles. The van der Waals surface area contributed by atoms with E-state index < -0.39 is 71.5 Å². The highest BCUT2D eigenvalue weighted by molar-refractivity contribution is 5.66. The minimum atomic E-state index is -1.92. The molecule has 6 fully saturated rings. The minimum Gasteiger partial charge on any atom is -0.463 e. The molecule has 52 heavy (non-hydrogen) atoms. The van der Waals surface area contributed by atoms with Crippen LogP contribution in [0, 0.1) is 50.7 Å². The maximum absolute atomic E-state index is 14.6. The Bertz CT molecular complexity index is 1370. The number of esters is 2. The Hall–Kier alpha value is -1.41. The molecule has 298 valence electrons. The highest BCUT2D eigenvalue weighted by Gasteiger charge is 2.85. The highest BCUT2D eigenvalue weighted by atomic mass is 19.1. The summed E-state index contributed by atoms with van der Waals surface area (Å²) in [5, 5.41) is 54.5. The lowest BCUT2D eigenvalue weighted by Crippen LogP contribution is -2.68. The van der Waals surface area contributed by atoms with E-state index in [1.807, 2.05) is 0 Å². The zero-order valence-corrected chi connectivity index (χ0v) is 32.6. The van der Waals surface area contributed by atoms with Crippen molar-refractivity contribution in [1.29, 1.82) is 0 Å². The first-order valence-electron chi connectivity index (χ1n) is 19.7. The Morgan fingerprint density at radius 2 is 1.58 bits per heavy atom. The largest absolute Gasteiger partial charge is 0.463 e. The minimum absolute atomic E-state index is 0.0253. The first-order chi connectivity index (χ1) is 24.0. The van der Waals surface area contributed by atoms with Gasteiger partial charge >= 0.3 is 11.9 Å². The third-order valence-electron chi connectivity index (χ3n) is 16.1. The van der Waals surface area contributed by atoms with Crippen molar-refractivity contribution in [2.75, 3.05) is 6.61 Å². The van der Waals surface area contributed by atoms with Gasteiger partial charge in [0.15, 0.2) is 6.29 Å². The summed E-state index contributed by atoms with van der Waals surface area (Å²) in [4.78, 5) is 23.9. The number of carbonyl (C=O) groups is 2. The molecular formula is C40H65FO11. The molecule has 0 amide bonds. The standard InChI is InChI=1S/C40H65FO11/c1-20(16-24(44)33(48)36(6,7)41)23-10-15-40-19-39(23,40)14-11-26-37(8)13-12-28(50-22(3)43)35(4,5)27(37)17-29(38(26,40)9)52-34-32(47)31(46)30(45)25(51-34)18-49-21(2)42/h20,23-34,44-48H,10-19H2,1-9H3/t20-,23-,24+,25?,26+,27-,28-,29+,30?,31?,32?,33-,34?,37+,38-,39+,40+/m0/s1. The van der Waals surface area contributed by atoms with Crippen molar-refractivity contribution in [1.82, 2.24) is 0 Å². The Kier molecular flexibility index (Phi) is 10.3. The number of hydrogen-bond acceptors (Lipinski definition) is 11. The number of ether oxygens (including phenoxy) is 4.